The molecule has 1 aliphatic heterocycles. The average Bonchev–Trinajstić information content (AvgIpc) is 3.09. The number of rotatable bonds is 5. The van der Waals surface area contributed by atoms with Crippen LogP contribution in [-0.4, -0.2) is 13.2 Å². The minimum atomic E-state index is 0.442. The molecule has 2 aromatic rings. The summed E-state index contributed by atoms with van der Waals surface area (Å²) in [5.74, 6) is 1.07. The Bertz CT molecular complexity index is 536. The van der Waals surface area contributed by atoms with Gasteiger partial charge in [-0.15, -0.1) is 11.3 Å². The minimum absolute atomic E-state index is 0.442. The van der Waals surface area contributed by atoms with Crippen LogP contribution >= 0.6 is 11.3 Å². The van der Waals surface area contributed by atoms with Crippen LogP contribution in [-0.2, 0) is 12.8 Å². The van der Waals surface area contributed by atoms with Crippen LogP contribution in [0, 0.1) is 0 Å². The molecule has 1 N–H and O–H groups in total. The van der Waals surface area contributed by atoms with Gasteiger partial charge in [0.05, 0.1) is 6.61 Å². The van der Waals surface area contributed by atoms with Crippen molar-refractivity contribution in [3.8, 4) is 5.75 Å². The summed E-state index contributed by atoms with van der Waals surface area (Å²) in [5, 5.41) is 5.71. The van der Waals surface area contributed by atoms with Gasteiger partial charge in [-0.2, -0.15) is 0 Å². The van der Waals surface area contributed by atoms with E-state index in [0.717, 1.165) is 31.7 Å². The van der Waals surface area contributed by atoms with Gasteiger partial charge in [0.1, 0.15) is 5.75 Å². The maximum absolute atomic E-state index is 5.53. The van der Waals surface area contributed by atoms with E-state index in [2.05, 4.69) is 48.0 Å². The molecular formula is C16H19NOS. The minimum Gasteiger partial charge on any atom is -0.493 e. The molecule has 100 valence electrons. The molecule has 0 saturated heterocycles. The normalized spacial score (nSPS) is 15.0. The van der Waals surface area contributed by atoms with Gasteiger partial charge in [-0.05, 0) is 48.5 Å². The first kappa shape index (κ1) is 12.7. The number of thiophene rings is 1. The molecule has 0 bridgehead atoms. The molecule has 0 aliphatic carbocycles. The summed E-state index contributed by atoms with van der Waals surface area (Å²) < 4.78 is 5.53. The van der Waals surface area contributed by atoms with E-state index in [1.54, 1.807) is 0 Å². The summed E-state index contributed by atoms with van der Waals surface area (Å²) in [6.07, 6.45) is 2.13. The van der Waals surface area contributed by atoms with Crippen molar-refractivity contribution in [3.63, 3.8) is 0 Å². The van der Waals surface area contributed by atoms with Gasteiger partial charge in [0.25, 0.3) is 0 Å². The maximum Gasteiger partial charge on any atom is 0.122 e. The molecule has 1 atom stereocenters. The van der Waals surface area contributed by atoms with Crippen molar-refractivity contribution in [1.82, 2.24) is 5.32 Å². The van der Waals surface area contributed by atoms with Gasteiger partial charge >= 0.3 is 0 Å². The largest absolute Gasteiger partial charge is 0.493 e. The second-order valence-corrected chi connectivity index (χ2v) is 5.96. The number of ether oxygens (including phenoxy) is 1. The molecule has 2 heterocycles. The third kappa shape index (κ3) is 2.99. The third-order valence-corrected chi connectivity index (χ3v) is 4.64. The lowest BCUT2D eigenvalue weighted by Gasteiger charge is -2.12. The smallest absolute Gasteiger partial charge is 0.122 e. The maximum atomic E-state index is 5.53. The molecule has 1 unspecified atom stereocenters. The molecular weight excluding hydrogens is 254 g/mol. The fourth-order valence-corrected chi connectivity index (χ4v) is 3.23. The van der Waals surface area contributed by atoms with Crippen molar-refractivity contribution in [2.45, 2.75) is 25.8 Å². The van der Waals surface area contributed by atoms with Gasteiger partial charge in [-0.25, -0.2) is 0 Å². The molecule has 0 radical (unpaired) electrons. The zero-order valence-electron chi connectivity index (χ0n) is 11.2. The third-order valence-electron chi connectivity index (χ3n) is 3.59. The van der Waals surface area contributed by atoms with Crippen LogP contribution in [0.2, 0.25) is 0 Å². The van der Waals surface area contributed by atoms with Crippen molar-refractivity contribution in [1.29, 1.82) is 0 Å². The number of hydrogen-bond acceptors (Lipinski definition) is 3. The van der Waals surface area contributed by atoms with E-state index in [0.29, 0.717) is 6.04 Å². The highest BCUT2D eigenvalue weighted by molar-refractivity contribution is 7.10. The van der Waals surface area contributed by atoms with E-state index in [1.807, 2.05) is 11.3 Å². The Balaban J connectivity index is 1.52. The van der Waals surface area contributed by atoms with Crippen molar-refractivity contribution in [2.75, 3.05) is 13.2 Å². The van der Waals surface area contributed by atoms with E-state index in [9.17, 15) is 0 Å². The molecule has 0 amide bonds. The van der Waals surface area contributed by atoms with Crippen LogP contribution in [0.15, 0.2) is 35.7 Å². The Hall–Kier alpha value is -1.32. The first-order valence-corrected chi connectivity index (χ1v) is 7.72. The lowest BCUT2D eigenvalue weighted by Crippen LogP contribution is -2.20. The fraction of sp³-hybridized carbons (Fsp3) is 0.375. The fourth-order valence-electron chi connectivity index (χ4n) is 2.47. The molecule has 1 aliphatic rings. The van der Waals surface area contributed by atoms with Crippen molar-refractivity contribution in [3.05, 3.63) is 51.7 Å². The average molecular weight is 273 g/mol. The highest BCUT2D eigenvalue weighted by Gasteiger charge is 2.12. The van der Waals surface area contributed by atoms with E-state index >= 15 is 0 Å². The molecule has 0 spiro atoms. The van der Waals surface area contributed by atoms with E-state index in [-0.39, 0.29) is 0 Å². The molecule has 19 heavy (non-hydrogen) atoms. The first-order valence-electron chi connectivity index (χ1n) is 6.84. The topological polar surface area (TPSA) is 21.3 Å². The SMILES string of the molecule is CC(NCCc1ccc2c(c1)CCO2)c1cccs1. The summed E-state index contributed by atoms with van der Waals surface area (Å²) in [4.78, 5) is 1.40. The number of benzene rings is 1. The highest BCUT2D eigenvalue weighted by atomic mass is 32.1. The Morgan fingerprint density at radius 3 is 3.16 bits per heavy atom. The predicted octanol–water partition coefficient (Wildman–Crippen LogP) is 3.58. The van der Waals surface area contributed by atoms with Gasteiger partial charge < -0.3 is 10.1 Å². The lowest BCUT2D eigenvalue weighted by atomic mass is 10.1. The van der Waals surface area contributed by atoms with Gasteiger partial charge in [-0.3, -0.25) is 0 Å². The van der Waals surface area contributed by atoms with Gasteiger partial charge in [0, 0.05) is 17.3 Å². The summed E-state index contributed by atoms with van der Waals surface area (Å²) in [5.41, 5.74) is 2.76. The van der Waals surface area contributed by atoms with Crippen molar-refractivity contribution >= 4 is 11.3 Å². The number of nitrogens with one attached hydrogen (secondary N) is 1. The Labute approximate surface area is 118 Å². The van der Waals surface area contributed by atoms with Crippen molar-refractivity contribution < 1.29 is 4.74 Å². The standard InChI is InChI=1S/C16H19NOS/c1-12(16-3-2-10-19-16)17-8-6-13-4-5-15-14(11-13)7-9-18-15/h2-5,10-12,17H,6-9H2,1H3. The summed E-state index contributed by atoms with van der Waals surface area (Å²) in [6, 6.07) is 11.3. The zero-order valence-corrected chi connectivity index (χ0v) is 12.0. The quantitative estimate of drug-likeness (QED) is 0.899. The van der Waals surface area contributed by atoms with Crippen LogP contribution in [0.5, 0.6) is 5.75 Å². The van der Waals surface area contributed by atoms with Gasteiger partial charge in [0.15, 0.2) is 0 Å². The molecule has 1 aromatic heterocycles. The van der Waals surface area contributed by atoms with Crippen LogP contribution in [0.3, 0.4) is 0 Å². The van der Waals surface area contributed by atoms with Gasteiger partial charge in [-0.1, -0.05) is 18.2 Å². The molecule has 3 heteroatoms. The van der Waals surface area contributed by atoms with Crippen LogP contribution in [0.25, 0.3) is 0 Å². The number of fused-ring (bicyclic) bond motifs is 1. The molecule has 2 nitrogen and oxygen atoms in total. The Morgan fingerprint density at radius 2 is 2.32 bits per heavy atom. The van der Waals surface area contributed by atoms with Crippen LogP contribution in [0.4, 0.5) is 0 Å². The van der Waals surface area contributed by atoms with E-state index in [1.165, 1.54) is 16.0 Å². The van der Waals surface area contributed by atoms with Gasteiger partial charge in [0.2, 0.25) is 0 Å². The second kappa shape index (κ2) is 5.76. The first-order chi connectivity index (χ1) is 9.33. The van der Waals surface area contributed by atoms with Crippen LogP contribution < -0.4 is 10.1 Å². The van der Waals surface area contributed by atoms with Crippen LogP contribution in [0.1, 0.15) is 29.0 Å². The second-order valence-electron chi connectivity index (χ2n) is 4.98. The van der Waals surface area contributed by atoms with E-state index < -0.39 is 0 Å². The molecule has 1 aromatic carbocycles. The number of hydrogen-bond donors (Lipinski definition) is 1. The Kier molecular flexibility index (Phi) is 3.85. The highest BCUT2D eigenvalue weighted by Crippen LogP contribution is 2.26. The lowest BCUT2D eigenvalue weighted by molar-refractivity contribution is 0.357. The molecule has 0 fully saturated rings. The monoisotopic (exact) mass is 273 g/mol. The summed E-state index contributed by atoms with van der Waals surface area (Å²) in [6.45, 7) is 4.08. The molecule has 0 saturated carbocycles. The predicted molar refractivity (Wildman–Crippen MR) is 80.1 cm³/mol. The van der Waals surface area contributed by atoms with E-state index in [4.69, 9.17) is 4.74 Å². The van der Waals surface area contributed by atoms with Crippen molar-refractivity contribution in [2.24, 2.45) is 0 Å². The Morgan fingerprint density at radius 1 is 1.37 bits per heavy atom. The molecule has 3 rings (SSSR count). The summed E-state index contributed by atoms with van der Waals surface area (Å²) in [7, 11) is 0. The zero-order chi connectivity index (χ0) is 13.1. The summed E-state index contributed by atoms with van der Waals surface area (Å²) >= 11 is 1.81.